The smallest absolute Gasteiger partial charge is 0.305 e. The van der Waals surface area contributed by atoms with Crippen LogP contribution < -0.4 is 5.32 Å². The highest BCUT2D eigenvalue weighted by atomic mass is 79.9. The van der Waals surface area contributed by atoms with E-state index in [0.717, 1.165) is 16.6 Å². The van der Waals surface area contributed by atoms with Crippen molar-refractivity contribution in [2.45, 2.75) is 13.1 Å². The monoisotopic (exact) mass is 359 g/mol. The molecule has 110 valence electrons. The van der Waals surface area contributed by atoms with E-state index in [2.05, 4.69) is 31.2 Å². The first-order valence-electron chi connectivity index (χ1n) is 5.74. The number of carbonyl (C=O) groups is 1. The normalized spacial score (nSPS) is 11.3. The molecule has 0 aliphatic rings. The predicted octanol–water partition coefficient (Wildman–Crippen LogP) is 3.82. The number of nitrogens with zero attached hydrogens (tertiary/aromatic N) is 2. The molecule has 8 heteroatoms. The van der Waals surface area contributed by atoms with Gasteiger partial charge in [0, 0.05) is 16.9 Å². The maximum absolute atomic E-state index is 12.4. The van der Waals surface area contributed by atoms with Gasteiger partial charge in [-0.05, 0) is 46.6 Å². The number of carbonyl (C=O) groups excluding carboxylic acids is 1. The van der Waals surface area contributed by atoms with E-state index in [0.29, 0.717) is 17.6 Å². The van der Waals surface area contributed by atoms with E-state index < -0.39 is 17.6 Å². The van der Waals surface area contributed by atoms with Gasteiger partial charge in [-0.3, -0.25) is 9.78 Å². The van der Waals surface area contributed by atoms with Gasteiger partial charge < -0.3 is 5.32 Å². The molecule has 0 saturated carbocycles. The lowest BCUT2D eigenvalue weighted by Gasteiger charge is -2.08. The number of halogens is 4. The number of rotatable bonds is 2. The molecule has 1 amide bonds. The van der Waals surface area contributed by atoms with Crippen LogP contribution in [0.3, 0.4) is 0 Å². The van der Waals surface area contributed by atoms with Gasteiger partial charge in [0.1, 0.15) is 11.5 Å². The van der Waals surface area contributed by atoms with Gasteiger partial charge in [0.05, 0.1) is 5.56 Å². The maximum atomic E-state index is 12.4. The summed E-state index contributed by atoms with van der Waals surface area (Å²) >= 11 is 3.24. The van der Waals surface area contributed by atoms with Crippen molar-refractivity contribution in [3.8, 4) is 0 Å². The topological polar surface area (TPSA) is 54.9 Å². The molecule has 0 aliphatic carbocycles. The number of hydrogen-bond donors (Lipinski definition) is 1. The Kier molecular flexibility index (Phi) is 4.26. The first-order chi connectivity index (χ1) is 9.77. The van der Waals surface area contributed by atoms with Gasteiger partial charge in [-0.2, -0.15) is 13.2 Å². The summed E-state index contributed by atoms with van der Waals surface area (Å²) in [7, 11) is 0. The summed E-state index contributed by atoms with van der Waals surface area (Å²) in [5.74, 6) is -0.299. The van der Waals surface area contributed by atoms with Crippen LogP contribution in [0.5, 0.6) is 0 Å². The third-order valence-electron chi connectivity index (χ3n) is 2.60. The second kappa shape index (κ2) is 5.80. The van der Waals surface area contributed by atoms with E-state index in [1.165, 1.54) is 6.20 Å². The molecule has 2 aromatic heterocycles. The molecule has 0 saturated heterocycles. The van der Waals surface area contributed by atoms with Crippen molar-refractivity contribution in [2.75, 3.05) is 5.32 Å². The molecule has 0 fully saturated rings. The Balaban J connectivity index is 2.17. The largest absolute Gasteiger partial charge is 0.417 e. The predicted molar refractivity (Wildman–Crippen MR) is 73.9 cm³/mol. The van der Waals surface area contributed by atoms with Gasteiger partial charge in [-0.25, -0.2) is 4.98 Å². The van der Waals surface area contributed by atoms with Crippen molar-refractivity contribution in [3.05, 3.63) is 51.9 Å². The molecule has 21 heavy (non-hydrogen) atoms. The average Bonchev–Trinajstić information content (AvgIpc) is 2.41. The second-order valence-corrected chi connectivity index (χ2v) is 5.12. The highest BCUT2D eigenvalue weighted by Gasteiger charge is 2.30. The number of aromatic nitrogens is 2. The van der Waals surface area contributed by atoms with Crippen molar-refractivity contribution in [1.82, 2.24) is 9.97 Å². The van der Waals surface area contributed by atoms with Crippen LogP contribution in [0.1, 0.15) is 21.6 Å². The van der Waals surface area contributed by atoms with Gasteiger partial charge in [0.25, 0.3) is 5.91 Å². The van der Waals surface area contributed by atoms with Crippen LogP contribution in [0.4, 0.5) is 19.0 Å². The third kappa shape index (κ3) is 3.78. The lowest BCUT2D eigenvalue weighted by molar-refractivity contribution is -0.137. The zero-order chi connectivity index (χ0) is 15.6. The Morgan fingerprint density at radius 2 is 1.95 bits per heavy atom. The Labute approximate surface area is 126 Å². The van der Waals surface area contributed by atoms with Gasteiger partial charge >= 0.3 is 6.18 Å². The highest BCUT2D eigenvalue weighted by molar-refractivity contribution is 9.10. The van der Waals surface area contributed by atoms with Crippen LogP contribution in [0.25, 0.3) is 0 Å². The number of aryl methyl sites for hydroxylation is 1. The van der Waals surface area contributed by atoms with E-state index in [1.807, 2.05) is 0 Å². The molecule has 4 nitrogen and oxygen atoms in total. The van der Waals surface area contributed by atoms with Crippen molar-refractivity contribution in [2.24, 2.45) is 0 Å². The summed E-state index contributed by atoms with van der Waals surface area (Å²) in [6.45, 7) is 1.74. The standard InChI is InChI=1S/C13H9BrF3N3O/c1-7-4-9(14)6-19-11(7)20-12(21)10-3-2-8(5-18-10)13(15,16)17/h2-6H,1H3,(H,19,20,21). The van der Waals surface area contributed by atoms with Crippen LogP contribution in [-0.4, -0.2) is 15.9 Å². The second-order valence-electron chi connectivity index (χ2n) is 4.20. The summed E-state index contributed by atoms with van der Waals surface area (Å²) in [6, 6.07) is 3.58. The fraction of sp³-hybridized carbons (Fsp3) is 0.154. The van der Waals surface area contributed by atoms with E-state index in [-0.39, 0.29) is 5.69 Å². The SMILES string of the molecule is Cc1cc(Br)cnc1NC(=O)c1ccc(C(F)(F)F)cn1. The molecule has 0 aromatic carbocycles. The molecular weight excluding hydrogens is 351 g/mol. The number of anilines is 1. The third-order valence-corrected chi connectivity index (χ3v) is 3.03. The number of nitrogens with one attached hydrogen (secondary N) is 1. The van der Waals surface area contributed by atoms with Crippen LogP contribution in [0.15, 0.2) is 35.1 Å². The lowest BCUT2D eigenvalue weighted by atomic mass is 10.2. The molecule has 0 unspecified atom stereocenters. The molecule has 2 rings (SSSR count). The first-order valence-corrected chi connectivity index (χ1v) is 6.53. The fourth-order valence-electron chi connectivity index (χ4n) is 1.54. The average molecular weight is 360 g/mol. The number of amides is 1. The lowest BCUT2D eigenvalue weighted by Crippen LogP contribution is -2.16. The minimum absolute atomic E-state index is 0.118. The summed E-state index contributed by atoms with van der Waals surface area (Å²) in [6.07, 6.45) is -2.36. The van der Waals surface area contributed by atoms with Crippen molar-refractivity contribution in [3.63, 3.8) is 0 Å². The van der Waals surface area contributed by atoms with Crippen molar-refractivity contribution < 1.29 is 18.0 Å². The molecular formula is C13H9BrF3N3O. The first kappa shape index (κ1) is 15.4. The van der Waals surface area contributed by atoms with Crippen LogP contribution in [-0.2, 0) is 6.18 Å². The van der Waals surface area contributed by atoms with Crippen molar-refractivity contribution >= 4 is 27.7 Å². The van der Waals surface area contributed by atoms with Crippen LogP contribution in [0.2, 0.25) is 0 Å². The summed E-state index contributed by atoms with van der Waals surface area (Å²) < 4.78 is 38.0. The zero-order valence-electron chi connectivity index (χ0n) is 10.7. The summed E-state index contributed by atoms with van der Waals surface area (Å²) in [4.78, 5) is 19.4. The molecule has 2 aromatic rings. The van der Waals surface area contributed by atoms with Gasteiger partial charge in [0.2, 0.25) is 0 Å². The van der Waals surface area contributed by atoms with E-state index in [9.17, 15) is 18.0 Å². The van der Waals surface area contributed by atoms with Crippen LogP contribution in [0, 0.1) is 6.92 Å². The van der Waals surface area contributed by atoms with E-state index >= 15 is 0 Å². The number of alkyl halides is 3. The Hall–Kier alpha value is -1.96. The quantitative estimate of drug-likeness (QED) is 0.886. The Morgan fingerprint density at radius 3 is 2.48 bits per heavy atom. The Morgan fingerprint density at radius 1 is 1.24 bits per heavy atom. The molecule has 0 spiro atoms. The molecule has 0 atom stereocenters. The maximum Gasteiger partial charge on any atom is 0.417 e. The highest BCUT2D eigenvalue weighted by Crippen LogP contribution is 2.28. The van der Waals surface area contributed by atoms with Crippen molar-refractivity contribution in [1.29, 1.82) is 0 Å². The van der Waals surface area contributed by atoms with E-state index in [1.54, 1.807) is 13.0 Å². The fourth-order valence-corrected chi connectivity index (χ4v) is 1.98. The van der Waals surface area contributed by atoms with Gasteiger partial charge in [0.15, 0.2) is 0 Å². The summed E-state index contributed by atoms with van der Waals surface area (Å²) in [5, 5.41) is 2.50. The van der Waals surface area contributed by atoms with Gasteiger partial charge in [-0.15, -0.1) is 0 Å². The zero-order valence-corrected chi connectivity index (χ0v) is 12.3. The molecule has 0 aliphatic heterocycles. The van der Waals surface area contributed by atoms with Gasteiger partial charge in [-0.1, -0.05) is 0 Å². The molecule has 1 N–H and O–H groups in total. The van der Waals surface area contributed by atoms with Crippen LogP contribution >= 0.6 is 15.9 Å². The Bertz CT molecular complexity index is 671. The molecule has 0 radical (unpaired) electrons. The number of pyridine rings is 2. The number of hydrogen-bond acceptors (Lipinski definition) is 3. The minimum atomic E-state index is -4.48. The molecule has 0 bridgehead atoms. The summed E-state index contributed by atoms with van der Waals surface area (Å²) in [5.41, 5.74) is -0.311. The van der Waals surface area contributed by atoms with E-state index in [4.69, 9.17) is 0 Å². The minimum Gasteiger partial charge on any atom is -0.305 e. The molecule has 2 heterocycles.